The molecule has 0 radical (unpaired) electrons. The Labute approximate surface area is 165 Å². The molecule has 0 aromatic heterocycles. The minimum atomic E-state index is -3.77. The molecule has 1 heterocycles. The normalized spacial score (nSPS) is 15.6. The van der Waals surface area contributed by atoms with Gasteiger partial charge in [-0.25, -0.2) is 8.42 Å². The summed E-state index contributed by atoms with van der Waals surface area (Å²) in [4.78, 5) is 25.2. The summed E-state index contributed by atoms with van der Waals surface area (Å²) in [6, 6.07) is 13.0. The Kier molecular flexibility index (Phi) is 5.30. The van der Waals surface area contributed by atoms with Gasteiger partial charge in [0.2, 0.25) is 11.8 Å². The lowest BCUT2D eigenvalue weighted by Gasteiger charge is -2.24. The fraction of sp³-hybridized carbons (Fsp3) is 0.333. The molecule has 2 aromatic rings. The molecule has 1 aliphatic rings. The van der Waals surface area contributed by atoms with Crippen LogP contribution in [0.3, 0.4) is 0 Å². The minimum Gasteiger partial charge on any atom is -0.280 e. The maximum absolute atomic E-state index is 12.6. The molecule has 0 atom stereocenters. The van der Waals surface area contributed by atoms with E-state index in [-0.39, 0.29) is 22.1 Å². The summed E-state index contributed by atoms with van der Waals surface area (Å²) in [6.07, 6.45) is 1.19. The van der Waals surface area contributed by atoms with Gasteiger partial charge in [0.25, 0.3) is 10.0 Å². The van der Waals surface area contributed by atoms with Crippen LogP contribution in [-0.4, -0.2) is 20.2 Å². The van der Waals surface area contributed by atoms with Crippen LogP contribution in [-0.2, 0) is 25.0 Å². The van der Waals surface area contributed by atoms with E-state index in [0.717, 1.165) is 10.5 Å². The predicted octanol–water partition coefficient (Wildman–Crippen LogP) is 3.83. The first kappa shape index (κ1) is 20.1. The van der Waals surface area contributed by atoms with Crippen LogP contribution in [0.2, 0.25) is 0 Å². The average molecular weight is 401 g/mol. The summed E-state index contributed by atoms with van der Waals surface area (Å²) in [5.41, 5.74) is 1.95. The van der Waals surface area contributed by atoms with Gasteiger partial charge in [-0.2, -0.15) is 0 Å². The van der Waals surface area contributed by atoms with E-state index in [4.69, 9.17) is 0 Å². The van der Waals surface area contributed by atoms with Gasteiger partial charge in [0.05, 0.1) is 10.6 Å². The largest absolute Gasteiger partial charge is 0.280 e. The second-order valence-electron chi connectivity index (χ2n) is 7.90. The zero-order chi connectivity index (χ0) is 20.5. The number of carbonyl (C=O) groups is 2. The van der Waals surface area contributed by atoms with Gasteiger partial charge in [-0.1, -0.05) is 32.9 Å². The van der Waals surface area contributed by atoms with E-state index in [0.29, 0.717) is 30.6 Å². The molecule has 1 saturated heterocycles. The maximum atomic E-state index is 12.6. The summed E-state index contributed by atoms with van der Waals surface area (Å²) >= 11 is 0. The van der Waals surface area contributed by atoms with Crippen molar-refractivity contribution in [2.45, 2.75) is 50.3 Å². The Morgan fingerprint density at radius 3 is 1.89 bits per heavy atom. The number of imide groups is 1. The Morgan fingerprint density at radius 2 is 1.39 bits per heavy atom. The van der Waals surface area contributed by atoms with Crippen molar-refractivity contribution in [3.63, 3.8) is 0 Å². The van der Waals surface area contributed by atoms with Crippen molar-refractivity contribution in [3.05, 3.63) is 54.1 Å². The van der Waals surface area contributed by atoms with Crippen LogP contribution in [0.15, 0.2) is 53.4 Å². The Morgan fingerprint density at radius 1 is 0.857 bits per heavy atom. The quantitative estimate of drug-likeness (QED) is 0.791. The molecule has 0 saturated carbocycles. The number of hydrogen-bond acceptors (Lipinski definition) is 4. The lowest BCUT2D eigenvalue weighted by molar-refractivity contribution is -0.129. The fourth-order valence-electron chi connectivity index (χ4n) is 3.07. The highest BCUT2D eigenvalue weighted by Crippen LogP contribution is 2.26. The number of piperidine rings is 1. The first-order valence-electron chi connectivity index (χ1n) is 9.17. The minimum absolute atomic E-state index is 0.0173. The van der Waals surface area contributed by atoms with Crippen LogP contribution >= 0.6 is 0 Å². The van der Waals surface area contributed by atoms with E-state index in [1.807, 2.05) is 12.1 Å². The van der Waals surface area contributed by atoms with Crippen molar-refractivity contribution in [3.8, 4) is 0 Å². The van der Waals surface area contributed by atoms with Crippen molar-refractivity contribution in [1.29, 1.82) is 0 Å². The second-order valence-corrected chi connectivity index (χ2v) is 9.59. The van der Waals surface area contributed by atoms with Gasteiger partial charge in [-0.05, 0) is 53.8 Å². The average Bonchev–Trinajstić information content (AvgIpc) is 2.61. The van der Waals surface area contributed by atoms with Crippen LogP contribution in [0, 0.1) is 0 Å². The van der Waals surface area contributed by atoms with Gasteiger partial charge in [-0.15, -0.1) is 0 Å². The summed E-state index contributed by atoms with van der Waals surface area (Å²) in [7, 11) is -3.77. The van der Waals surface area contributed by atoms with Gasteiger partial charge in [-0.3, -0.25) is 19.2 Å². The summed E-state index contributed by atoms with van der Waals surface area (Å²) in [5.74, 6) is -0.521. The molecular formula is C21H24N2O4S. The highest BCUT2D eigenvalue weighted by molar-refractivity contribution is 7.92. The van der Waals surface area contributed by atoms with Crippen molar-refractivity contribution in [1.82, 2.24) is 0 Å². The predicted molar refractivity (Wildman–Crippen MR) is 109 cm³/mol. The molecule has 0 bridgehead atoms. The Balaban J connectivity index is 1.79. The number of sulfonamides is 1. The molecule has 7 heteroatoms. The Bertz CT molecular complexity index is 972. The number of nitrogens with one attached hydrogen (secondary N) is 1. The highest BCUT2D eigenvalue weighted by Gasteiger charge is 2.27. The van der Waals surface area contributed by atoms with Gasteiger partial charge < -0.3 is 0 Å². The molecule has 2 amide bonds. The first-order valence-corrected chi connectivity index (χ1v) is 10.7. The number of rotatable bonds is 4. The lowest BCUT2D eigenvalue weighted by Crippen LogP contribution is -2.40. The van der Waals surface area contributed by atoms with E-state index in [1.165, 1.54) is 24.3 Å². The maximum Gasteiger partial charge on any atom is 0.261 e. The third kappa shape index (κ3) is 4.25. The monoisotopic (exact) mass is 400 g/mol. The molecule has 6 nitrogen and oxygen atoms in total. The van der Waals surface area contributed by atoms with E-state index < -0.39 is 10.0 Å². The summed E-state index contributed by atoms with van der Waals surface area (Å²) in [5, 5.41) is 0. The molecular weight excluding hydrogens is 376 g/mol. The lowest BCUT2D eigenvalue weighted by atomic mass is 9.87. The van der Waals surface area contributed by atoms with Gasteiger partial charge in [0.1, 0.15) is 0 Å². The van der Waals surface area contributed by atoms with Crippen LogP contribution in [0.5, 0.6) is 0 Å². The van der Waals surface area contributed by atoms with Crippen molar-refractivity contribution >= 4 is 33.2 Å². The molecule has 28 heavy (non-hydrogen) atoms. The number of hydrogen-bond donors (Lipinski definition) is 1. The van der Waals surface area contributed by atoms with Gasteiger partial charge >= 0.3 is 0 Å². The zero-order valence-corrected chi connectivity index (χ0v) is 17.0. The molecule has 1 aliphatic heterocycles. The fourth-order valence-corrected chi connectivity index (χ4v) is 4.13. The first-order chi connectivity index (χ1) is 13.1. The summed E-state index contributed by atoms with van der Waals surface area (Å²) in [6.45, 7) is 6.27. The molecule has 148 valence electrons. The van der Waals surface area contributed by atoms with E-state index in [2.05, 4.69) is 25.5 Å². The number of carbonyl (C=O) groups excluding carboxylic acids is 2. The second kappa shape index (κ2) is 7.39. The van der Waals surface area contributed by atoms with E-state index in [1.54, 1.807) is 12.1 Å². The van der Waals surface area contributed by atoms with Gasteiger partial charge in [0, 0.05) is 18.5 Å². The highest BCUT2D eigenvalue weighted by atomic mass is 32.2. The van der Waals surface area contributed by atoms with Crippen LogP contribution in [0.4, 0.5) is 11.4 Å². The molecule has 0 aliphatic carbocycles. The number of anilines is 2. The molecule has 3 rings (SSSR count). The van der Waals surface area contributed by atoms with Crippen LogP contribution < -0.4 is 9.62 Å². The molecule has 2 aromatic carbocycles. The Hall–Kier alpha value is -2.67. The zero-order valence-electron chi connectivity index (χ0n) is 16.2. The van der Waals surface area contributed by atoms with Crippen LogP contribution in [0.1, 0.15) is 45.6 Å². The molecule has 1 fully saturated rings. The van der Waals surface area contributed by atoms with E-state index >= 15 is 0 Å². The summed E-state index contributed by atoms with van der Waals surface area (Å²) < 4.78 is 27.8. The number of benzene rings is 2. The number of nitrogens with zero attached hydrogens (tertiary/aromatic N) is 1. The molecule has 1 N–H and O–H groups in total. The number of amides is 2. The third-order valence-corrected chi connectivity index (χ3v) is 6.09. The van der Waals surface area contributed by atoms with E-state index in [9.17, 15) is 18.0 Å². The van der Waals surface area contributed by atoms with Gasteiger partial charge in [0.15, 0.2) is 0 Å². The standard InChI is InChI=1S/C21H24N2O4S/c1-21(2,3)15-7-9-16(10-8-15)22-28(26,27)18-13-11-17(12-14-18)23-19(24)5-4-6-20(23)25/h7-14,22H,4-6H2,1-3H3. The molecule has 0 unspecified atom stereocenters. The third-order valence-electron chi connectivity index (χ3n) is 4.69. The van der Waals surface area contributed by atoms with Crippen LogP contribution in [0.25, 0.3) is 0 Å². The SMILES string of the molecule is CC(C)(C)c1ccc(NS(=O)(=O)c2ccc(N3C(=O)CCCC3=O)cc2)cc1. The smallest absolute Gasteiger partial charge is 0.261 e. The van der Waals surface area contributed by atoms with Crippen molar-refractivity contribution < 1.29 is 18.0 Å². The van der Waals surface area contributed by atoms with Crippen molar-refractivity contribution in [2.24, 2.45) is 0 Å². The molecule has 0 spiro atoms. The topological polar surface area (TPSA) is 83.6 Å². The van der Waals surface area contributed by atoms with Crippen molar-refractivity contribution in [2.75, 3.05) is 9.62 Å².